The van der Waals surface area contributed by atoms with Crippen LogP contribution < -0.4 is 5.32 Å². The molecule has 5 heteroatoms. The zero-order valence-corrected chi connectivity index (χ0v) is 14.3. The minimum absolute atomic E-state index is 0.162. The SMILES string of the molecule is Cc1nc(-c2ccc(C(=O)Nc3cccc(Cl)c3)cc2)c(C)s1. The highest BCUT2D eigenvalue weighted by atomic mass is 35.5. The monoisotopic (exact) mass is 342 g/mol. The second kappa shape index (κ2) is 6.52. The van der Waals surface area contributed by atoms with Crippen LogP contribution in [-0.4, -0.2) is 10.9 Å². The number of aryl methyl sites for hydroxylation is 2. The maximum Gasteiger partial charge on any atom is 0.255 e. The normalized spacial score (nSPS) is 10.6. The van der Waals surface area contributed by atoms with Crippen molar-refractivity contribution in [3.63, 3.8) is 0 Å². The van der Waals surface area contributed by atoms with E-state index in [1.807, 2.05) is 31.2 Å². The minimum Gasteiger partial charge on any atom is -0.322 e. The van der Waals surface area contributed by atoms with Crippen molar-refractivity contribution in [1.82, 2.24) is 4.98 Å². The predicted molar refractivity (Wildman–Crippen MR) is 96.4 cm³/mol. The van der Waals surface area contributed by atoms with Gasteiger partial charge in [-0.2, -0.15) is 0 Å². The lowest BCUT2D eigenvalue weighted by molar-refractivity contribution is 0.102. The number of thiazole rings is 1. The first-order valence-corrected chi connectivity index (χ1v) is 8.34. The molecule has 0 atom stereocenters. The summed E-state index contributed by atoms with van der Waals surface area (Å²) in [5.41, 5.74) is 3.27. The smallest absolute Gasteiger partial charge is 0.255 e. The van der Waals surface area contributed by atoms with Gasteiger partial charge in [-0.25, -0.2) is 4.98 Å². The summed E-state index contributed by atoms with van der Waals surface area (Å²) in [5, 5.41) is 4.47. The van der Waals surface area contributed by atoms with Crippen molar-refractivity contribution in [2.75, 3.05) is 5.32 Å². The van der Waals surface area contributed by atoms with Crippen molar-refractivity contribution >= 4 is 34.5 Å². The average molecular weight is 343 g/mol. The Morgan fingerprint density at radius 2 is 1.87 bits per heavy atom. The molecule has 0 aliphatic heterocycles. The summed E-state index contributed by atoms with van der Waals surface area (Å²) in [5.74, 6) is -0.162. The molecule has 23 heavy (non-hydrogen) atoms. The Morgan fingerprint density at radius 3 is 2.48 bits per heavy atom. The summed E-state index contributed by atoms with van der Waals surface area (Å²) in [6.45, 7) is 4.05. The Hall–Kier alpha value is -2.17. The number of carbonyl (C=O) groups excluding carboxylic acids is 1. The van der Waals surface area contributed by atoms with Gasteiger partial charge in [-0.15, -0.1) is 11.3 Å². The standard InChI is InChI=1S/C18H15ClN2OS/c1-11-17(20-12(2)23-11)13-6-8-14(9-7-13)18(22)21-16-5-3-4-15(19)10-16/h3-10H,1-2H3,(H,21,22). The van der Waals surface area contributed by atoms with Crippen LogP contribution in [0.25, 0.3) is 11.3 Å². The Labute approximate surface area is 144 Å². The number of carbonyl (C=O) groups is 1. The molecule has 2 aromatic carbocycles. The number of nitrogens with zero attached hydrogens (tertiary/aromatic N) is 1. The number of anilines is 1. The topological polar surface area (TPSA) is 42.0 Å². The van der Waals surface area contributed by atoms with Gasteiger partial charge in [0.2, 0.25) is 0 Å². The molecule has 0 radical (unpaired) electrons. The third-order valence-electron chi connectivity index (χ3n) is 3.41. The van der Waals surface area contributed by atoms with Gasteiger partial charge in [0.05, 0.1) is 10.7 Å². The second-order valence-corrected chi connectivity index (χ2v) is 7.02. The van der Waals surface area contributed by atoms with E-state index in [0.717, 1.165) is 16.3 Å². The van der Waals surface area contributed by atoms with Gasteiger partial charge in [-0.05, 0) is 44.2 Å². The van der Waals surface area contributed by atoms with Crippen molar-refractivity contribution in [3.05, 3.63) is 69.0 Å². The van der Waals surface area contributed by atoms with Gasteiger partial charge in [0.25, 0.3) is 5.91 Å². The third kappa shape index (κ3) is 3.60. The molecule has 0 spiro atoms. The molecule has 0 fully saturated rings. The van der Waals surface area contributed by atoms with Gasteiger partial charge in [0.15, 0.2) is 0 Å². The number of rotatable bonds is 3. The fourth-order valence-electron chi connectivity index (χ4n) is 2.35. The van der Waals surface area contributed by atoms with Crippen molar-refractivity contribution in [2.24, 2.45) is 0 Å². The van der Waals surface area contributed by atoms with Crippen LogP contribution in [0.15, 0.2) is 48.5 Å². The molecule has 3 rings (SSSR count). The van der Waals surface area contributed by atoms with Crippen LogP contribution >= 0.6 is 22.9 Å². The molecule has 3 aromatic rings. The third-order valence-corrected chi connectivity index (χ3v) is 4.53. The highest BCUT2D eigenvalue weighted by molar-refractivity contribution is 7.11. The molecule has 0 saturated carbocycles. The first-order valence-electron chi connectivity index (χ1n) is 7.14. The lowest BCUT2D eigenvalue weighted by atomic mass is 10.1. The molecular formula is C18H15ClN2OS. The van der Waals surface area contributed by atoms with Crippen LogP contribution in [-0.2, 0) is 0 Å². The highest BCUT2D eigenvalue weighted by Gasteiger charge is 2.10. The average Bonchev–Trinajstić information content (AvgIpc) is 2.86. The predicted octanol–water partition coefficient (Wildman–Crippen LogP) is 5.33. The quantitative estimate of drug-likeness (QED) is 0.698. The van der Waals surface area contributed by atoms with Gasteiger partial charge in [0, 0.05) is 26.7 Å². The van der Waals surface area contributed by atoms with Crippen molar-refractivity contribution in [2.45, 2.75) is 13.8 Å². The lowest BCUT2D eigenvalue weighted by Gasteiger charge is -2.06. The van der Waals surface area contributed by atoms with Crippen molar-refractivity contribution < 1.29 is 4.79 Å². The first-order chi connectivity index (χ1) is 11.0. The van der Waals surface area contributed by atoms with E-state index in [9.17, 15) is 4.79 Å². The Bertz CT molecular complexity index is 856. The molecule has 0 aliphatic rings. The summed E-state index contributed by atoms with van der Waals surface area (Å²) in [6.07, 6.45) is 0. The van der Waals surface area contributed by atoms with Gasteiger partial charge >= 0.3 is 0 Å². The number of nitrogens with one attached hydrogen (secondary N) is 1. The summed E-state index contributed by atoms with van der Waals surface area (Å²) in [6, 6.07) is 14.6. The lowest BCUT2D eigenvalue weighted by Crippen LogP contribution is -2.11. The van der Waals surface area contributed by atoms with E-state index < -0.39 is 0 Å². The minimum atomic E-state index is -0.162. The molecule has 0 aliphatic carbocycles. The molecule has 0 bridgehead atoms. The largest absolute Gasteiger partial charge is 0.322 e. The Kier molecular flexibility index (Phi) is 4.46. The van der Waals surface area contributed by atoms with E-state index in [0.29, 0.717) is 16.3 Å². The molecule has 1 heterocycles. The van der Waals surface area contributed by atoms with Crippen molar-refractivity contribution in [1.29, 1.82) is 0 Å². The van der Waals surface area contributed by atoms with Crippen LogP contribution in [0.1, 0.15) is 20.2 Å². The zero-order valence-electron chi connectivity index (χ0n) is 12.8. The van der Waals surface area contributed by atoms with E-state index in [1.165, 1.54) is 4.88 Å². The van der Waals surface area contributed by atoms with E-state index in [1.54, 1.807) is 35.6 Å². The maximum atomic E-state index is 12.3. The Morgan fingerprint density at radius 1 is 1.13 bits per heavy atom. The van der Waals surface area contributed by atoms with Gasteiger partial charge in [-0.3, -0.25) is 4.79 Å². The van der Waals surface area contributed by atoms with Gasteiger partial charge in [0.1, 0.15) is 0 Å². The molecule has 1 N–H and O–H groups in total. The van der Waals surface area contributed by atoms with Crippen LogP contribution in [0.5, 0.6) is 0 Å². The van der Waals surface area contributed by atoms with Crippen LogP contribution in [0.3, 0.4) is 0 Å². The fraction of sp³-hybridized carbons (Fsp3) is 0.111. The van der Waals surface area contributed by atoms with Crippen LogP contribution in [0, 0.1) is 13.8 Å². The van der Waals surface area contributed by atoms with E-state index in [-0.39, 0.29) is 5.91 Å². The molecule has 0 unspecified atom stereocenters. The summed E-state index contributed by atoms with van der Waals surface area (Å²) >= 11 is 7.60. The van der Waals surface area contributed by atoms with Crippen LogP contribution in [0.4, 0.5) is 5.69 Å². The zero-order chi connectivity index (χ0) is 16.4. The maximum absolute atomic E-state index is 12.3. The number of amides is 1. The van der Waals surface area contributed by atoms with Crippen LogP contribution in [0.2, 0.25) is 5.02 Å². The van der Waals surface area contributed by atoms with Gasteiger partial charge < -0.3 is 5.32 Å². The molecule has 1 amide bonds. The number of aromatic nitrogens is 1. The molecule has 3 nitrogen and oxygen atoms in total. The first kappa shape index (κ1) is 15.7. The number of benzene rings is 2. The van der Waals surface area contributed by atoms with Gasteiger partial charge in [-0.1, -0.05) is 29.8 Å². The molecule has 0 saturated heterocycles. The Balaban J connectivity index is 1.79. The summed E-state index contributed by atoms with van der Waals surface area (Å²) < 4.78 is 0. The number of halogens is 1. The highest BCUT2D eigenvalue weighted by Crippen LogP contribution is 2.27. The number of hydrogen-bond acceptors (Lipinski definition) is 3. The van der Waals surface area contributed by atoms with E-state index in [4.69, 9.17) is 11.6 Å². The molecule has 1 aromatic heterocycles. The number of hydrogen-bond donors (Lipinski definition) is 1. The second-order valence-electron chi connectivity index (χ2n) is 5.18. The molecular weight excluding hydrogens is 328 g/mol. The summed E-state index contributed by atoms with van der Waals surface area (Å²) in [7, 11) is 0. The molecule has 116 valence electrons. The van der Waals surface area contributed by atoms with E-state index >= 15 is 0 Å². The summed E-state index contributed by atoms with van der Waals surface area (Å²) in [4.78, 5) is 18.0. The van der Waals surface area contributed by atoms with E-state index in [2.05, 4.69) is 17.2 Å². The van der Waals surface area contributed by atoms with Crippen molar-refractivity contribution in [3.8, 4) is 11.3 Å². The fourth-order valence-corrected chi connectivity index (χ4v) is 3.38.